The average Bonchev–Trinajstić information content (AvgIpc) is 2.45. The minimum atomic E-state index is -0.323. The van der Waals surface area contributed by atoms with Crippen LogP contribution in [-0.2, 0) is 9.59 Å². The molecule has 0 spiro atoms. The minimum Gasteiger partial charge on any atom is -0.333 e. The molecule has 1 N–H and O–H groups in total. The Hall–Kier alpha value is -0.910. The third-order valence-corrected chi connectivity index (χ3v) is 4.81. The van der Waals surface area contributed by atoms with E-state index in [1.165, 1.54) is 4.90 Å². The number of thioether (sulfide) groups is 1. The number of hydrogen-bond acceptors (Lipinski definition) is 3. The number of likely N-dealkylation sites (N-methyl/N-ethyl adjacent to an activating group) is 1. The quantitative estimate of drug-likeness (QED) is 0.804. The van der Waals surface area contributed by atoms with E-state index in [4.69, 9.17) is 23.2 Å². The largest absolute Gasteiger partial charge is 0.333 e. The van der Waals surface area contributed by atoms with Crippen molar-refractivity contribution in [3.05, 3.63) is 28.2 Å². The number of carbonyl (C=O) groups is 2. The van der Waals surface area contributed by atoms with Crippen molar-refractivity contribution >= 4 is 52.5 Å². The zero-order valence-electron chi connectivity index (χ0n) is 13.8. The number of amides is 2. The molecular weight excluding hydrogens is 355 g/mol. The molecule has 0 radical (unpaired) electrons. The molecule has 1 aromatic carbocycles. The zero-order valence-corrected chi connectivity index (χ0v) is 16.1. The van der Waals surface area contributed by atoms with Gasteiger partial charge in [-0.3, -0.25) is 9.59 Å². The fourth-order valence-electron chi connectivity index (χ4n) is 1.72. The van der Waals surface area contributed by atoms with Crippen LogP contribution < -0.4 is 5.32 Å². The Morgan fingerprint density at radius 3 is 2.26 bits per heavy atom. The fourth-order valence-corrected chi connectivity index (χ4v) is 2.95. The summed E-state index contributed by atoms with van der Waals surface area (Å²) in [5, 5.41) is 3.40. The maximum atomic E-state index is 12.2. The van der Waals surface area contributed by atoms with E-state index in [1.54, 1.807) is 30.0 Å². The Bertz CT molecular complexity index is 553. The molecule has 0 saturated carbocycles. The van der Waals surface area contributed by atoms with Crippen LogP contribution in [0.4, 0.5) is 5.69 Å². The predicted molar refractivity (Wildman–Crippen MR) is 99.6 cm³/mol. The van der Waals surface area contributed by atoms with Gasteiger partial charge in [-0.05, 0) is 19.1 Å². The molecule has 0 fully saturated rings. The van der Waals surface area contributed by atoms with Crippen LogP contribution in [-0.4, -0.2) is 40.3 Å². The summed E-state index contributed by atoms with van der Waals surface area (Å²) in [5.74, 6) is -0.0407. The second kappa shape index (κ2) is 8.81. The molecule has 7 heteroatoms. The van der Waals surface area contributed by atoms with Crippen LogP contribution >= 0.6 is 35.0 Å². The second-order valence-electron chi connectivity index (χ2n) is 5.95. The van der Waals surface area contributed by atoms with Crippen molar-refractivity contribution in [1.29, 1.82) is 0 Å². The predicted octanol–water partition coefficient (Wildman–Crippen LogP) is 4.31. The molecule has 0 bridgehead atoms. The smallest absolute Gasteiger partial charge is 0.244 e. The third kappa shape index (κ3) is 7.02. The molecule has 0 unspecified atom stereocenters. The number of hydrogen-bond donors (Lipinski definition) is 1. The van der Waals surface area contributed by atoms with E-state index in [1.807, 2.05) is 27.7 Å². The molecule has 0 aliphatic heterocycles. The lowest BCUT2D eigenvalue weighted by molar-refractivity contribution is -0.132. The molecule has 1 aromatic rings. The number of rotatable bonds is 6. The Labute approximate surface area is 151 Å². The van der Waals surface area contributed by atoms with Gasteiger partial charge in [0.05, 0.1) is 28.0 Å². The van der Waals surface area contributed by atoms with E-state index < -0.39 is 0 Å². The zero-order chi connectivity index (χ0) is 17.6. The average molecular weight is 377 g/mol. The Morgan fingerprint density at radius 2 is 1.78 bits per heavy atom. The number of carbonyl (C=O) groups excluding carboxylic acids is 2. The van der Waals surface area contributed by atoms with Gasteiger partial charge in [-0.25, -0.2) is 0 Å². The number of anilines is 1. The van der Waals surface area contributed by atoms with Crippen LogP contribution in [0.1, 0.15) is 27.7 Å². The van der Waals surface area contributed by atoms with E-state index in [2.05, 4.69) is 5.32 Å². The Balaban J connectivity index is 2.65. The van der Waals surface area contributed by atoms with Gasteiger partial charge in [-0.1, -0.05) is 50.0 Å². The van der Waals surface area contributed by atoms with Crippen LogP contribution in [0.25, 0.3) is 0 Å². The van der Waals surface area contributed by atoms with E-state index in [0.717, 1.165) is 0 Å². The summed E-state index contributed by atoms with van der Waals surface area (Å²) in [6.07, 6.45) is 0. The van der Waals surface area contributed by atoms with Crippen LogP contribution in [0.5, 0.6) is 0 Å². The van der Waals surface area contributed by atoms with Crippen LogP contribution in [0.3, 0.4) is 0 Å². The molecule has 1 rings (SSSR count). The second-order valence-corrected chi connectivity index (χ2v) is 8.57. The molecule has 23 heavy (non-hydrogen) atoms. The van der Waals surface area contributed by atoms with Gasteiger partial charge in [0.2, 0.25) is 11.8 Å². The van der Waals surface area contributed by atoms with E-state index in [0.29, 0.717) is 28.0 Å². The molecule has 4 nitrogen and oxygen atoms in total. The van der Waals surface area contributed by atoms with Crippen LogP contribution in [0, 0.1) is 0 Å². The first-order valence-electron chi connectivity index (χ1n) is 7.29. The van der Waals surface area contributed by atoms with Gasteiger partial charge in [0.1, 0.15) is 0 Å². The first-order valence-corrected chi connectivity index (χ1v) is 9.03. The van der Waals surface area contributed by atoms with Gasteiger partial charge < -0.3 is 10.2 Å². The van der Waals surface area contributed by atoms with Gasteiger partial charge in [0.25, 0.3) is 0 Å². The Kier molecular flexibility index (Phi) is 7.71. The standard InChI is InChI=1S/C16H22Cl2N2O2S/c1-5-20(14(22)10-23-16(2,3)4)9-13(21)19-15-11(17)7-6-8-12(15)18/h6-8H,5,9-10H2,1-4H3,(H,19,21). The number of benzene rings is 1. The van der Waals surface area contributed by atoms with Crippen LogP contribution in [0.2, 0.25) is 10.0 Å². The van der Waals surface area contributed by atoms with Crippen molar-refractivity contribution in [3.8, 4) is 0 Å². The first kappa shape index (κ1) is 20.1. The highest BCUT2D eigenvalue weighted by molar-refractivity contribution is 8.01. The highest BCUT2D eigenvalue weighted by Crippen LogP contribution is 2.29. The summed E-state index contributed by atoms with van der Waals surface area (Å²) in [6, 6.07) is 4.99. The van der Waals surface area contributed by atoms with Gasteiger partial charge >= 0.3 is 0 Å². The van der Waals surface area contributed by atoms with Gasteiger partial charge in [-0.2, -0.15) is 0 Å². The summed E-state index contributed by atoms with van der Waals surface area (Å²) in [6.45, 7) is 8.43. The molecule has 0 aliphatic carbocycles. The van der Waals surface area contributed by atoms with E-state index >= 15 is 0 Å². The lowest BCUT2D eigenvalue weighted by Gasteiger charge is -2.23. The van der Waals surface area contributed by atoms with E-state index in [-0.39, 0.29) is 23.1 Å². The maximum Gasteiger partial charge on any atom is 0.244 e. The molecule has 128 valence electrons. The molecular formula is C16H22Cl2N2O2S. The normalized spacial score (nSPS) is 11.2. The van der Waals surface area contributed by atoms with Crippen LogP contribution in [0.15, 0.2) is 18.2 Å². The summed E-state index contributed by atoms with van der Waals surface area (Å²) in [5.41, 5.74) is 0.369. The van der Waals surface area contributed by atoms with Gasteiger partial charge in [0, 0.05) is 11.3 Å². The van der Waals surface area contributed by atoms with Crippen molar-refractivity contribution in [2.24, 2.45) is 0 Å². The van der Waals surface area contributed by atoms with Gasteiger partial charge in [-0.15, -0.1) is 11.8 Å². The lowest BCUT2D eigenvalue weighted by Crippen LogP contribution is -2.39. The monoisotopic (exact) mass is 376 g/mol. The molecule has 0 heterocycles. The van der Waals surface area contributed by atoms with Gasteiger partial charge in [0.15, 0.2) is 0 Å². The van der Waals surface area contributed by atoms with Crippen molar-refractivity contribution in [2.75, 3.05) is 24.2 Å². The highest BCUT2D eigenvalue weighted by Gasteiger charge is 2.20. The van der Waals surface area contributed by atoms with Crippen molar-refractivity contribution in [2.45, 2.75) is 32.4 Å². The molecule has 0 aliphatic rings. The number of para-hydroxylation sites is 1. The number of nitrogens with one attached hydrogen (secondary N) is 1. The molecule has 0 saturated heterocycles. The molecule has 0 aromatic heterocycles. The van der Waals surface area contributed by atoms with Crippen molar-refractivity contribution < 1.29 is 9.59 Å². The SMILES string of the molecule is CCN(CC(=O)Nc1c(Cl)cccc1Cl)C(=O)CSC(C)(C)C. The topological polar surface area (TPSA) is 49.4 Å². The minimum absolute atomic E-state index is 0.00240. The summed E-state index contributed by atoms with van der Waals surface area (Å²) in [4.78, 5) is 25.9. The summed E-state index contributed by atoms with van der Waals surface area (Å²) < 4.78 is 0.00240. The maximum absolute atomic E-state index is 12.2. The fraction of sp³-hybridized carbons (Fsp3) is 0.500. The third-order valence-electron chi connectivity index (χ3n) is 2.92. The first-order chi connectivity index (χ1) is 10.6. The summed E-state index contributed by atoms with van der Waals surface area (Å²) >= 11 is 13.6. The van der Waals surface area contributed by atoms with Crippen molar-refractivity contribution in [1.82, 2.24) is 4.90 Å². The number of nitrogens with zero attached hydrogens (tertiary/aromatic N) is 1. The summed E-state index contributed by atoms with van der Waals surface area (Å²) in [7, 11) is 0. The highest BCUT2D eigenvalue weighted by atomic mass is 35.5. The Morgan fingerprint density at radius 1 is 1.22 bits per heavy atom. The number of halogens is 2. The lowest BCUT2D eigenvalue weighted by atomic mass is 10.3. The van der Waals surface area contributed by atoms with Crippen molar-refractivity contribution in [3.63, 3.8) is 0 Å². The van der Waals surface area contributed by atoms with E-state index in [9.17, 15) is 9.59 Å². The molecule has 0 atom stereocenters. The molecule has 2 amide bonds.